The number of carboxylic acids is 1. The van der Waals surface area contributed by atoms with Gasteiger partial charge in [0.25, 0.3) is 0 Å². The van der Waals surface area contributed by atoms with Gasteiger partial charge >= 0.3 is 5.97 Å². The van der Waals surface area contributed by atoms with Gasteiger partial charge in [-0.3, -0.25) is 0 Å². The third kappa shape index (κ3) is 2.82. The standard InChI is InChI=1S/C11H12O4/c1-15-10-7-8(3-2-6-12)4-5-9(10)11(13)14/h2-5,7,12H,6H2,1H3,(H,13,14)/b3-2+. The maximum Gasteiger partial charge on any atom is 0.339 e. The SMILES string of the molecule is COc1cc(/C=C/CO)ccc1C(=O)O. The minimum Gasteiger partial charge on any atom is -0.496 e. The van der Waals surface area contributed by atoms with Crippen LogP contribution in [0.15, 0.2) is 24.3 Å². The number of carboxylic acid groups (broad SMARTS) is 1. The average Bonchev–Trinajstić information content (AvgIpc) is 2.25. The van der Waals surface area contributed by atoms with Crippen LogP contribution in [0.1, 0.15) is 15.9 Å². The van der Waals surface area contributed by atoms with Gasteiger partial charge in [0.05, 0.1) is 13.7 Å². The highest BCUT2D eigenvalue weighted by molar-refractivity contribution is 5.91. The first-order valence-corrected chi connectivity index (χ1v) is 4.37. The van der Waals surface area contributed by atoms with E-state index in [0.29, 0.717) is 5.75 Å². The smallest absolute Gasteiger partial charge is 0.339 e. The van der Waals surface area contributed by atoms with Crippen molar-refractivity contribution in [2.45, 2.75) is 0 Å². The molecule has 0 unspecified atom stereocenters. The molecule has 0 heterocycles. The van der Waals surface area contributed by atoms with Crippen molar-refractivity contribution in [3.63, 3.8) is 0 Å². The van der Waals surface area contributed by atoms with Crippen LogP contribution in [0.5, 0.6) is 5.75 Å². The largest absolute Gasteiger partial charge is 0.496 e. The van der Waals surface area contributed by atoms with Crippen LogP contribution in [0.25, 0.3) is 6.08 Å². The quantitative estimate of drug-likeness (QED) is 0.784. The van der Waals surface area contributed by atoms with Crippen LogP contribution in [-0.2, 0) is 0 Å². The summed E-state index contributed by atoms with van der Waals surface area (Å²) < 4.78 is 4.95. The molecule has 1 aromatic carbocycles. The van der Waals surface area contributed by atoms with E-state index in [2.05, 4.69) is 0 Å². The highest BCUT2D eigenvalue weighted by Gasteiger charge is 2.09. The molecule has 80 valence electrons. The molecule has 0 fully saturated rings. The molecule has 0 aliphatic carbocycles. The highest BCUT2D eigenvalue weighted by Crippen LogP contribution is 2.20. The first-order valence-electron chi connectivity index (χ1n) is 4.37. The van der Waals surface area contributed by atoms with Gasteiger partial charge in [-0.25, -0.2) is 4.79 Å². The first kappa shape index (κ1) is 11.3. The summed E-state index contributed by atoms with van der Waals surface area (Å²) in [6, 6.07) is 4.73. The van der Waals surface area contributed by atoms with E-state index in [9.17, 15) is 4.79 Å². The maximum absolute atomic E-state index is 10.8. The van der Waals surface area contributed by atoms with Crippen molar-refractivity contribution in [3.05, 3.63) is 35.4 Å². The van der Waals surface area contributed by atoms with E-state index in [4.69, 9.17) is 14.9 Å². The topological polar surface area (TPSA) is 66.8 Å². The normalized spacial score (nSPS) is 10.5. The van der Waals surface area contributed by atoms with Crippen molar-refractivity contribution in [1.29, 1.82) is 0 Å². The van der Waals surface area contributed by atoms with Crippen LogP contribution in [-0.4, -0.2) is 29.9 Å². The minimum atomic E-state index is -1.02. The number of benzene rings is 1. The van der Waals surface area contributed by atoms with Crippen molar-refractivity contribution < 1.29 is 19.7 Å². The number of hydrogen-bond donors (Lipinski definition) is 2. The lowest BCUT2D eigenvalue weighted by Gasteiger charge is -2.05. The monoisotopic (exact) mass is 208 g/mol. The lowest BCUT2D eigenvalue weighted by molar-refractivity contribution is 0.0693. The van der Waals surface area contributed by atoms with Crippen LogP contribution < -0.4 is 4.74 Å². The Hall–Kier alpha value is -1.81. The Bertz CT molecular complexity index is 382. The zero-order valence-corrected chi connectivity index (χ0v) is 8.30. The Morgan fingerprint density at radius 3 is 2.80 bits per heavy atom. The second-order valence-corrected chi connectivity index (χ2v) is 2.85. The minimum absolute atomic E-state index is 0.0526. The number of hydrogen-bond acceptors (Lipinski definition) is 3. The zero-order valence-electron chi connectivity index (χ0n) is 8.30. The Morgan fingerprint density at radius 1 is 1.53 bits per heavy atom. The fourth-order valence-electron chi connectivity index (χ4n) is 1.18. The first-order chi connectivity index (χ1) is 7.19. The molecular weight excluding hydrogens is 196 g/mol. The molecule has 0 aliphatic rings. The molecule has 0 radical (unpaired) electrons. The van der Waals surface area contributed by atoms with Crippen LogP contribution in [0.3, 0.4) is 0 Å². The average molecular weight is 208 g/mol. The summed E-state index contributed by atoms with van der Waals surface area (Å²) in [6.07, 6.45) is 3.25. The number of rotatable bonds is 4. The Balaban J connectivity index is 3.07. The molecule has 0 bridgehead atoms. The van der Waals surface area contributed by atoms with E-state index in [1.807, 2.05) is 0 Å². The molecule has 0 aromatic heterocycles. The van der Waals surface area contributed by atoms with E-state index in [0.717, 1.165) is 5.56 Å². The molecule has 0 atom stereocenters. The molecule has 0 saturated carbocycles. The molecule has 2 N–H and O–H groups in total. The molecule has 1 aromatic rings. The molecule has 4 heteroatoms. The van der Waals surface area contributed by atoms with Crippen molar-refractivity contribution in [3.8, 4) is 5.75 Å². The van der Waals surface area contributed by atoms with Gasteiger partial charge in [0.15, 0.2) is 0 Å². The number of carbonyl (C=O) groups is 1. The Morgan fingerprint density at radius 2 is 2.27 bits per heavy atom. The Labute approximate surface area is 87.4 Å². The van der Waals surface area contributed by atoms with Crippen LogP contribution >= 0.6 is 0 Å². The van der Waals surface area contributed by atoms with E-state index >= 15 is 0 Å². The van der Waals surface area contributed by atoms with Gasteiger partial charge in [0.1, 0.15) is 11.3 Å². The van der Waals surface area contributed by atoms with E-state index < -0.39 is 5.97 Å². The van der Waals surface area contributed by atoms with Gasteiger partial charge in [0, 0.05) is 0 Å². The molecule has 0 saturated heterocycles. The van der Waals surface area contributed by atoms with Crippen LogP contribution in [0, 0.1) is 0 Å². The second-order valence-electron chi connectivity index (χ2n) is 2.85. The van der Waals surface area contributed by atoms with Crippen molar-refractivity contribution in [2.24, 2.45) is 0 Å². The van der Waals surface area contributed by atoms with Crippen molar-refractivity contribution >= 4 is 12.0 Å². The second kappa shape index (κ2) is 5.17. The molecule has 15 heavy (non-hydrogen) atoms. The molecule has 0 spiro atoms. The maximum atomic E-state index is 10.8. The lowest BCUT2D eigenvalue weighted by atomic mass is 10.1. The number of aliphatic hydroxyl groups is 1. The summed E-state index contributed by atoms with van der Waals surface area (Å²) in [4.78, 5) is 10.8. The van der Waals surface area contributed by atoms with Gasteiger partial charge in [-0.05, 0) is 17.7 Å². The molecule has 1 rings (SSSR count). The summed E-state index contributed by atoms with van der Waals surface area (Å²) in [7, 11) is 1.42. The van der Waals surface area contributed by atoms with Crippen molar-refractivity contribution in [1.82, 2.24) is 0 Å². The zero-order chi connectivity index (χ0) is 11.3. The van der Waals surface area contributed by atoms with E-state index in [1.165, 1.54) is 13.2 Å². The van der Waals surface area contributed by atoms with Crippen LogP contribution in [0.2, 0.25) is 0 Å². The van der Waals surface area contributed by atoms with Gasteiger partial charge < -0.3 is 14.9 Å². The fourth-order valence-corrected chi connectivity index (χ4v) is 1.18. The summed E-state index contributed by atoms with van der Waals surface area (Å²) in [5, 5.41) is 17.4. The van der Waals surface area contributed by atoms with Gasteiger partial charge in [0.2, 0.25) is 0 Å². The third-order valence-corrected chi connectivity index (χ3v) is 1.87. The Kier molecular flexibility index (Phi) is 3.88. The van der Waals surface area contributed by atoms with Gasteiger partial charge in [-0.2, -0.15) is 0 Å². The van der Waals surface area contributed by atoms with Gasteiger partial charge in [-0.1, -0.05) is 18.2 Å². The highest BCUT2D eigenvalue weighted by atomic mass is 16.5. The predicted molar refractivity (Wildman–Crippen MR) is 56.1 cm³/mol. The summed E-state index contributed by atoms with van der Waals surface area (Å²) in [6.45, 7) is -0.0526. The number of ether oxygens (including phenoxy) is 1. The third-order valence-electron chi connectivity index (χ3n) is 1.87. The van der Waals surface area contributed by atoms with Gasteiger partial charge in [-0.15, -0.1) is 0 Å². The molecule has 0 aliphatic heterocycles. The molecular formula is C11H12O4. The van der Waals surface area contributed by atoms with E-state index in [1.54, 1.807) is 24.3 Å². The van der Waals surface area contributed by atoms with Crippen LogP contribution in [0.4, 0.5) is 0 Å². The number of aliphatic hydroxyl groups excluding tert-OH is 1. The molecule has 4 nitrogen and oxygen atoms in total. The van der Waals surface area contributed by atoms with E-state index in [-0.39, 0.29) is 12.2 Å². The van der Waals surface area contributed by atoms with Crippen molar-refractivity contribution in [2.75, 3.05) is 13.7 Å². The number of methoxy groups -OCH3 is 1. The predicted octanol–water partition coefficient (Wildman–Crippen LogP) is 1.40. The molecule has 0 amide bonds. The lowest BCUT2D eigenvalue weighted by Crippen LogP contribution is -2.00. The summed E-state index contributed by atoms with van der Waals surface area (Å²) in [5.41, 5.74) is 0.907. The summed E-state index contributed by atoms with van der Waals surface area (Å²) in [5.74, 6) is -0.716. The summed E-state index contributed by atoms with van der Waals surface area (Å²) >= 11 is 0. The number of aromatic carboxylic acids is 1. The fraction of sp³-hybridized carbons (Fsp3) is 0.182.